The average Bonchev–Trinajstić information content (AvgIpc) is 2.29. The standard InChI is InChI=1S/C11H16ClN3O2S/c1-7(3-4-18(2)17)15-11(16)8-5-10(13)14-6-9(8)12/h5-7H,3-4H2,1-2H3,(H2,13,14)(H,15,16). The molecule has 0 aliphatic rings. The lowest BCUT2D eigenvalue weighted by Gasteiger charge is -2.13. The molecule has 0 radical (unpaired) electrons. The van der Waals surface area contributed by atoms with Crippen molar-refractivity contribution in [2.45, 2.75) is 19.4 Å². The van der Waals surface area contributed by atoms with Gasteiger partial charge in [-0.1, -0.05) is 11.6 Å². The molecule has 2 unspecified atom stereocenters. The van der Waals surface area contributed by atoms with Crippen LogP contribution in [0.2, 0.25) is 5.02 Å². The minimum Gasteiger partial charge on any atom is -0.384 e. The number of nitrogen functional groups attached to an aromatic ring is 1. The van der Waals surface area contributed by atoms with E-state index < -0.39 is 10.8 Å². The number of carbonyl (C=O) groups excluding carboxylic acids is 1. The lowest BCUT2D eigenvalue weighted by atomic mass is 10.2. The minimum atomic E-state index is -0.861. The van der Waals surface area contributed by atoms with Crippen LogP contribution in [-0.2, 0) is 10.8 Å². The van der Waals surface area contributed by atoms with Crippen molar-refractivity contribution in [2.24, 2.45) is 0 Å². The van der Waals surface area contributed by atoms with Crippen molar-refractivity contribution in [3.8, 4) is 0 Å². The maximum Gasteiger partial charge on any atom is 0.253 e. The van der Waals surface area contributed by atoms with E-state index in [4.69, 9.17) is 17.3 Å². The van der Waals surface area contributed by atoms with Gasteiger partial charge in [-0.15, -0.1) is 0 Å². The Morgan fingerprint density at radius 1 is 1.67 bits per heavy atom. The Morgan fingerprint density at radius 3 is 2.94 bits per heavy atom. The summed E-state index contributed by atoms with van der Waals surface area (Å²) in [4.78, 5) is 15.7. The fourth-order valence-electron chi connectivity index (χ4n) is 1.35. The SMILES string of the molecule is CC(CCS(C)=O)NC(=O)c1cc(N)ncc1Cl. The summed E-state index contributed by atoms with van der Waals surface area (Å²) < 4.78 is 11.0. The first-order chi connectivity index (χ1) is 8.40. The lowest BCUT2D eigenvalue weighted by molar-refractivity contribution is 0.0939. The van der Waals surface area contributed by atoms with Gasteiger partial charge in [-0.05, 0) is 19.4 Å². The molecular formula is C11H16ClN3O2S. The number of amides is 1. The van der Waals surface area contributed by atoms with Crippen LogP contribution in [0.4, 0.5) is 5.82 Å². The van der Waals surface area contributed by atoms with Crippen molar-refractivity contribution in [2.75, 3.05) is 17.7 Å². The van der Waals surface area contributed by atoms with Crippen molar-refractivity contribution in [3.63, 3.8) is 0 Å². The van der Waals surface area contributed by atoms with Crippen molar-refractivity contribution in [1.82, 2.24) is 10.3 Å². The second kappa shape index (κ2) is 6.70. The quantitative estimate of drug-likeness (QED) is 0.853. The number of hydrogen-bond donors (Lipinski definition) is 2. The highest BCUT2D eigenvalue weighted by Crippen LogP contribution is 2.16. The number of rotatable bonds is 5. The normalized spacial score (nSPS) is 13.9. The summed E-state index contributed by atoms with van der Waals surface area (Å²) in [5.41, 5.74) is 5.80. The maximum atomic E-state index is 11.9. The third-order valence-corrected chi connectivity index (χ3v) is 3.45. The average molecular weight is 290 g/mol. The van der Waals surface area contributed by atoms with E-state index in [-0.39, 0.29) is 22.8 Å². The molecule has 1 amide bonds. The van der Waals surface area contributed by atoms with Gasteiger partial charge in [-0.3, -0.25) is 9.00 Å². The first-order valence-electron chi connectivity index (χ1n) is 5.42. The number of hydrogen-bond acceptors (Lipinski definition) is 4. The highest BCUT2D eigenvalue weighted by molar-refractivity contribution is 7.84. The highest BCUT2D eigenvalue weighted by atomic mass is 35.5. The highest BCUT2D eigenvalue weighted by Gasteiger charge is 2.14. The largest absolute Gasteiger partial charge is 0.384 e. The topological polar surface area (TPSA) is 85.1 Å². The molecule has 2 atom stereocenters. The van der Waals surface area contributed by atoms with Crippen molar-refractivity contribution >= 4 is 34.1 Å². The van der Waals surface area contributed by atoms with Crippen LogP contribution in [0, 0.1) is 0 Å². The third-order valence-electron chi connectivity index (χ3n) is 2.34. The summed E-state index contributed by atoms with van der Waals surface area (Å²) >= 11 is 5.87. The molecule has 0 aliphatic carbocycles. The van der Waals surface area contributed by atoms with Crippen LogP contribution in [0.25, 0.3) is 0 Å². The molecule has 0 fully saturated rings. The van der Waals surface area contributed by atoms with Crippen LogP contribution in [0.5, 0.6) is 0 Å². The zero-order valence-electron chi connectivity index (χ0n) is 10.3. The number of pyridine rings is 1. The van der Waals surface area contributed by atoms with Gasteiger partial charge in [0.15, 0.2) is 0 Å². The van der Waals surface area contributed by atoms with Gasteiger partial charge in [0, 0.05) is 35.0 Å². The molecule has 18 heavy (non-hydrogen) atoms. The first kappa shape index (κ1) is 14.9. The number of halogens is 1. The van der Waals surface area contributed by atoms with Gasteiger partial charge in [0.05, 0.1) is 10.6 Å². The molecule has 0 aliphatic heterocycles. The Morgan fingerprint density at radius 2 is 2.33 bits per heavy atom. The molecule has 1 aromatic heterocycles. The molecule has 1 rings (SSSR count). The number of nitrogens with one attached hydrogen (secondary N) is 1. The molecule has 3 N–H and O–H groups in total. The molecule has 0 saturated carbocycles. The van der Waals surface area contributed by atoms with Gasteiger partial charge in [-0.25, -0.2) is 4.98 Å². The predicted octanol–water partition coefficient (Wildman–Crippen LogP) is 1.20. The second-order valence-corrected chi connectivity index (χ2v) is 5.99. The fraction of sp³-hybridized carbons (Fsp3) is 0.455. The Kier molecular flexibility index (Phi) is 5.55. The number of anilines is 1. The van der Waals surface area contributed by atoms with Gasteiger partial charge in [0.2, 0.25) is 0 Å². The molecule has 0 bridgehead atoms. The molecule has 1 heterocycles. The predicted molar refractivity (Wildman–Crippen MR) is 74.1 cm³/mol. The van der Waals surface area contributed by atoms with Crippen LogP contribution in [0.3, 0.4) is 0 Å². The summed E-state index contributed by atoms with van der Waals surface area (Å²) in [6.07, 6.45) is 3.62. The Bertz CT molecular complexity index is 468. The van der Waals surface area contributed by atoms with E-state index in [1.807, 2.05) is 6.92 Å². The summed E-state index contributed by atoms with van der Waals surface area (Å²) in [6, 6.07) is 1.36. The number of aromatic nitrogens is 1. The molecule has 0 aromatic carbocycles. The van der Waals surface area contributed by atoms with Crippen molar-refractivity contribution in [3.05, 3.63) is 22.8 Å². The molecule has 100 valence electrons. The van der Waals surface area contributed by atoms with Gasteiger partial charge < -0.3 is 11.1 Å². The monoisotopic (exact) mass is 289 g/mol. The van der Waals surface area contributed by atoms with Crippen molar-refractivity contribution < 1.29 is 9.00 Å². The van der Waals surface area contributed by atoms with Crippen LogP contribution < -0.4 is 11.1 Å². The van der Waals surface area contributed by atoms with E-state index in [9.17, 15) is 9.00 Å². The summed E-state index contributed by atoms with van der Waals surface area (Å²) in [7, 11) is -0.861. The lowest BCUT2D eigenvalue weighted by Crippen LogP contribution is -2.33. The Hall–Kier alpha value is -1.14. The van der Waals surface area contributed by atoms with E-state index in [0.717, 1.165) is 0 Å². The smallest absolute Gasteiger partial charge is 0.253 e. The minimum absolute atomic E-state index is 0.0770. The maximum absolute atomic E-state index is 11.9. The Balaban J connectivity index is 2.64. The second-order valence-electron chi connectivity index (χ2n) is 4.03. The molecular weight excluding hydrogens is 274 g/mol. The molecule has 1 aromatic rings. The zero-order chi connectivity index (χ0) is 13.7. The third kappa shape index (κ3) is 4.62. The molecule has 0 saturated heterocycles. The Labute approximate surface area is 114 Å². The van der Waals surface area contributed by atoms with Crippen LogP contribution in [-0.4, -0.2) is 33.2 Å². The van der Waals surface area contributed by atoms with E-state index in [2.05, 4.69) is 10.3 Å². The molecule has 5 nitrogen and oxygen atoms in total. The van der Waals surface area contributed by atoms with Crippen LogP contribution in [0.1, 0.15) is 23.7 Å². The van der Waals surface area contributed by atoms with E-state index in [0.29, 0.717) is 17.7 Å². The number of nitrogens with two attached hydrogens (primary N) is 1. The zero-order valence-corrected chi connectivity index (χ0v) is 11.8. The van der Waals surface area contributed by atoms with Crippen LogP contribution >= 0.6 is 11.6 Å². The van der Waals surface area contributed by atoms with Gasteiger partial charge >= 0.3 is 0 Å². The van der Waals surface area contributed by atoms with E-state index in [1.165, 1.54) is 12.3 Å². The van der Waals surface area contributed by atoms with Crippen LogP contribution in [0.15, 0.2) is 12.3 Å². The number of nitrogens with zero attached hydrogens (tertiary/aromatic N) is 1. The van der Waals surface area contributed by atoms with E-state index >= 15 is 0 Å². The molecule has 7 heteroatoms. The summed E-state index contributed by atoms with van der Waals surface area (Å²) in [5.74, 6) is 0.489. The molecule has 0 spiro atoms. The van der Waals surface area contributed by atoms with Gasteiger partial charge in [0.1, 0.15) is 5.82 Å². The summed E-state index contributed by atoms with van der Waals surface area (Å²) in [6.45, 7) is 1.85. The van der Waals surface area contributed by atoms with Crippen molar-refractivity contribution in [1.29, 1.82) is 0 Å². The summed E-state index contributed by atoms with van der Waals surface area (Å²) in [5, 5.41) is 3.04. The van der Waals surface area contributed by atoms with E-state index in [1.54, 1.807) is 6.26 Å². The number of carbonyl (C=O) groups is 1. The first-order valence-corrected chi connectivity index (χ1v) is 7.52. The van der Waals surface area contributed by atoms with Gasteiger partial charge in [-0.2, -0.15) is 0 Å². The van der Waals surface area contributed by atoms with Gasteiger partial charge in [0.25, 0.3) is 5.91 Å². The fourth-order valence-corrected chi connectivity index (χ4v) is 2.22.